The zero-order valence-corrected chi connectivity index (χ0v) is 21.4. The van der Waals surface area contributed by atoms with Crippen LogP contribution in [0, 0.1) is 11.3 Å². The van der Waals surface area contributed by atoms with Crippen molar-refractivity contribution in [3.8, 4) is 6.07 Å². The zero-order valence-electron chi connectivity index (χ0n) is 19.8. The lowest BCUT2D eigenvalue weighted by molar-refractivity contribution is -0.140. The van der Waals surface area contributed by atoms with E-state index < -0.39 is 73.5 Å². The van der Waals surface area contributed by atoms with E-state index in [0.717, 1.165) is 17.0 Å². The first-order chi connectivity index (χ1) is 17.8. The number of aromatic nitrogens is 1. The molecule has 1 aromatic carbocycles. The number of pyridine rings is 1. The van der Waals surface area contributed by atoms with Gasteiger partial charge in [-0.05, 0) is 55.9 Å². The van der Waals surface area contributed by atoms with Crippen LogP contribution >= 0.6 is 11.6 Å². The molecule has 5 rings (SSSR count). The molecule has 1 aliphatic heterocycles. The number of carbonyl (C=O) groups excluding carboxylic acids is 2. The van der Waals surface area contributed by atoms with Crippen LogP contribution in [0.2, 0.25) is 5.15 Å². The largest absolute Gasteiger partial charge is 0.417 e. The molecule has 1 aromatic heterocycles. The number of alkyl halides is 3. The Morgan fingerprint density at radius 3 is 2.37 bits per heavy atom. The normalized spacial score (nSPS) is 23.4. The van der Waals surface area contributed by atoms with Crippen molar-refractivity contribution in [2.75, 3.05) is 6.54 Å². The van der Waals surface area contributed by atoms with Gasteiger partial charge in [0.25, 0.3) is 0 Å². The topological polar surface area (TPSA) is 120 Å². The van der Waals surface area contributed by atoms with Gasteiger partial charge in [-0.15, -0.1) is 0 Å². The molecule has 2 aliphatic carbocycles. The van der Waals surface area contributed by atoms with Gasteiger partial charge in [-0.2, -0.15) is 18.4 Å². The maximum Gasteiger partial charge on any atom is 0.417 e. The second-order valence-electron chi connectivity index (χ2n) is 10.0. The predicted octanol–water partition coefficient (Wildman–Crippen LogP) is 3.40. The quantitative estimate of drug-likeness (QED) is 0.535. The molecule has 3 fully saturated rings. The van der Waals surface area contributed by atoms with E-state index in [1.165, 1.54) is 18.3 Å². The van der Waals surface area contributed by atoms with E-state index in [4.69, 9.17) is 11.6 Å². The summed E-state index contributed by atoms with van der Waals surface area (Å²) in [5.41, 5.74) is -2.87. The van der Waals surface area contributed by atoms with Gasteiger partial charge in [0.05, 0.1) is 27.2 Å². The molecule has 0 radical (unpaired) electrons. The van der Waals surface area contributed by atoms with E-state index in [1.807, 2.05) is 6.07 Å². The Kier molecular flexibility index (Phi) is 6.23. The summed E-state index contributed by atoms with van der Waals surface area (Å²) in [4.78, 5) is 31.4. The maximum absolute atomic E-state index is 13.9. The van der Waals surface area contributed by atoms with Crippen molar-refractivity contribution in [2.24, 2.45) is 0 Å². The van der Waals surface area contributed by atoms with Gasteiger partial charge in [0.15, 0.2) is 9.84 Å². The van der Waals surface area contributed by atoms with Crippen LogP contribution in [0.4, 0.5) is 13.2 Å². The van der Waals surface area contributed by atoms with E-state index in [0.29, 0.717) is 37.3 Å². The van der Waals surface area contributed by atoms with E-state index >= 15 is 0 Å². The summed E-state index contributed by atoms with van der Waals surface area (Å²) in [6.07, 6.45) is -2.19. The molecule has 1 saturated heterocycles. The minimum absolute atomic E-state index is 0.219. The Bertz CT molecular complexity index is 1450. The minimum atomic E-state index is -4.92. The summed E-state index contributed by atoms with van der Waals surface area (Å²) >= 11 is 5.87. The number of nitrogens with one attached hydrogen (secondary N) is 1. The SMILES string of the molecule is N#CC1(NC(=O)[C@@H]2CC(S(=O)(=O)c3ccccc3C(F)(F)F)CN2C(=O)C2(c3ccc(Cl)nc3)CC2)CC1. The highest BCUT2D eigenvalue weighted by atomic mass is 35.5. The first kappa shape index (κ1) is 26.4. The first-order valence-electron chi connectivity index (χ1n) is 11.9. The lowest BCUT2D eigenvalue weighted by atomic mass is 9.95. The van der Waals surface area contributed by atoms with Crippen LogP contribution in [0.5, 0.6) is 0 Å². The van der Waals surface area contributed by atoms with Gasteiger partial charge < -0.3 is 10.2 Å². The van der Waals surface area contributed by atoms with Crippen LogP contribution in [0.15, 0.2) is 47.5 Å². The molecule has 0 spiro atoms. The third-order valence-electron chi connectivity index (χ3n) is 7.53. The summed E-state index contributed by atoms with van der Waals surface area (Å²) < 4.78 is 68.0. The molecule has 1 N–H and O–H groups in total. The van der Waals surface area contributed by atoms with Crippen LogP contribution < -0.4 is 5.32 Å². The van der Waals surface area contributed by atoms with Crippen LogP contribution in [-0.2, 0) is 31.0 Å². The maximum atomic E-state index is 13.9. The van der Waals surface area contributed by atoms with Gasteiger partial charge in [0, 0.05) is 12.7 Å². The Labute approximate surface area is 221 Å². The summed E-state index contributed by atoms with van der Waals surface area (Å²) in [7, 11) is -4.60. The molecule has 2 aromatic rings. The monoisotopic (exact) mass is 566 g/mol. The Hall–Kier alpha value is -3.17. The summed E-state index contributed by atoms with van der Waals surface area (Å²) in [6.45, 7) is -0.465. The highest BCUT2D eigenvalue weighted by Crippen LogP contribution is 2.51. The number of amides is 2. The molecule has 2 heterocycles. The number of likely N-dealkylation sites (tertiary alicyclic amines) is 1. The third kappa shape index (κ3) is 4.52. The molecule has 200 valence electrons. The van der Waals surface area contributed by atoms with Crippen LogP contribution in [-0.4, -0.2) is 53.5 Å². The van der Waals surface area contributed by atoms with E-state index in [-0.39, 0.29) is 5.15 Å². The number of nitrogens with zero attached hydrogens (tertiary/aromatic N) is 3. The number of benzene rings is 1. The Balaban J connectivity index is 1.50. The van der Waals surface area contributed by atoms with Crippen molar-refractivity contribution in [3.05, 3.63) is 58.9 Å². The summed E-state index contributed by atoms with van der Waals surface area (Å²) in [6, 6.07) is 7.75. The van der Waals surface area contributed by atoms with Crippen molar-refractivity contribution >= 4 is 33.3 Å². The van der Waals surface area contributed by atoms with Crippen LogP contribution in [0.3, 0.4) is 0 Å². The molecular formula is C25H22ClF3N4O4S. The van der Waals surface area contributed by atoms with Gasteiger partial charge in [-0.3, -0.25) is 9.59 Å². The number of rotatable bonds is 6. The molecule has 2 atom stereocenters. The fourth-order valence-electron chi connectivity index (χ4n) is 5.02. The molecule has 2 amide bonds. The van der Waals surface area contributed by atoms with Crippen molar-refractivity contribution in [1.82, 2.24) is 15.2 Å². The summed E-state index contributed by atoms with van der Waals surface area (Å²) in [5.74, 6) is -1.21. The second kappa shape index (κ2) is 8.95. The van der Waals surface area contributed by atoms with Crippen LogP contribution in [0.25, 0.3) is 0 Å². The molecule has 38 heavy (non-hydrogen) atoms. The number of halogens is 4. The van der Waals surface area contributed by atoms with Gasteiger partial charge >= 0.3 is 6.18 Å². The molecule has 3 aliphatic rings. The fourth-order valence-corrected chi connectivity index (χ4v) is 7.04. The second-order valence-corrected chi connectivity index (χ2v) is 12.6. The molecule has 8 nitrogen and oxygen atoms in total. The predicted molar refractivity (Wildman–Crippen MR) is 128 cm³/mol. The Morgan fingerprint density at radius 1 is 1.13 bits per heavy atom. The highest BCUT2D eigenvalue weighted by molar-refractivity contribution is 7.92. The van der Waals surface area contributed by atoms with Gasteiger partial charge in [-0.25, -0.2) is 13.4 Å². The lowest BCUT2D eigenvalue weighted by Crippen LogP contribution is -2.51. The van der Waals surface area contributed by atoms with Gasteiger partial charge in [0.1, 0.15) is 16.7 Å². The van der Waals surface area contributed by atoms with Gasteiger partial charge in [-0.1, -0.05) is 29.8 Å². The smallest absolute Gasteiger partial charge is 0.336 e. The number of hydrogen-bond acceptors (Lipinski definition) is 6. The van der Waals surface area contributed by atoms with Gasteiger partial charge in [0.2, 0.25) is 11.8 Å². The average Bonchev–Trinajstić information content (AvgIpc) is 3.80. The zero-order chi connectivity index (χ0) is 27.5. The molecule has 13 heteroatoms. The average molecular weight is 567 g/mol. The van der Waals surface area contributed by atoms with Crippen molar-refractivity contribution in [3.63, 3.8) is 0 Å². The van der Waals surface area contributed by atoms with Crippen molar-refractivity contribution < 1.29 is 31.2 Å². The molecule has 0 bridgehead atoms. The van der Waals surface area contributed by atoms with Crippen molar-refractivity contribution in [1.29, 1.82) is 5.26 Å². The molecular weight excluding hydrogens is 545 g/mol. The fraction of sp³-hybridized carbons (Fsp3) is 0.440. The van der Waals surface area contributed by atoms with Crippen LogP contribution in [0.1, 0.15) is 43.2 Å². The minimum Gasteiger partial charge on any atom is -0.336 e. The van der Waals surface area contributed by atoms with E-state index in [9.17, 15) is 36.4 Å². The summed E-state index contributed by atoms with van der Waals surface area (Å²) in [5, 5.41) is 10.8. The number of nitriles is 1. The first-order valence-corrected chi connectivity index (χ1v) is 13.8. The standard InChI is InChI=1S/C25H22ClF3N4O4S/c26-20-6-5-15(12-31-20)24(9-10-24)22(35)33-13-16(11-18(33)21(34)32-23(14-30)7-8-23)38(36,37)19-4-2-1-3-17(19)25(27,28)29/h1-6,12,16,18H,7-11,13H2,(H,32,34)/t16?,18-/m0/s1. The van der Waals surface area contributed by atoms with Crippen molar-refractivity contribution in [2.45, 2.75) is 65.4 Å². The third-order valence-corrected chi connectivity index (χ3v) is 9.94. The number of sulfone groups is 1. The highest BCUT2D eigenvalue weighted by Gasteiger charge is 2.58. The number of carbonyl (C=O) groups is 2. The van der Waals surface area contributed by atoms with E-state index in [2.05, 4.69) is 10.3 Å². The molecule has 1 unspecified atom stereocenters. The molecule has 2 saturated carbocycles. The van der Waals surface area contributed by atoms with E-state index in [1.54, 1.807) is 6.07 Å². The number of hydrogen-bond donors (Lipinski definition) is 1. The Morgan fingerprint density at radius 2 is 1.82 bits per heavy atom. The lowest BCUT2D eigenvalue weighted by Gasteiger charge is -2.29.